The molecule has 2 rings (SSSR count). The zero-order chi connectivity index (χ0) is 16.7. The summed E-state index contributed by atoms with van der Waals surface area (Å²) in [5, 5.41) is 9.41. The predicted octanol–water partition coefficient (Wildman–Crippen LogP) is 3.31. The molecule has 1 aliphatic heterocycles. The topological polar surface area (TPSA) is 60.9 Å². The highest BCUT2D eigenvalue weighted by Crippen LogP contribution is 2.30. The van der Waals surface area contributed by atoms with E-state index in [1.165, 1.54) is 11.0 Å². The van der Waals surface area contributed by atoms with Gasteiger partial charge in [-0.15, -0.1) is 0 Å². The van der Waals surface area contributed by atoms with Gasteiger partial charge in [-0.2, -0.15) is 0 Å². The largest absolute Gasteiger partial charge is 0.465 e. The van der Waals surface area contributed by atoms with Gasteiger partial charge >= 0.3 is 6.09 Å². The number of amides is 2. The Morgan fingerprint density at radius 2 is 2.09 bits per heavy atom. The summed E-state index contributed by atoms with van der Waals surface area (Å²) in [5.74, 6) is -0.851. The van der Waals surface area contributed by atoms with Crippen LogP contribution < -0.4 is 4.90 Å². The molecule has 0 radical (unpaired) electrons. The summed E-state index contributed by atoms with van der Waals surface area (Å²) in [6, 6.07) is 3.85. The normalized spacial score (nSPS) is 18.7. The van der Waals surface area contributed by atoms with Gasteiger partial charge in [0.1, 0.15) is 11.9 Å². The standard InChI is InChI=1S/C15H18FIN2O3/c1-15(2,3)19(14(21)22)12-6-7-18(13(12)20)11-5-4-9(17)8-10(11)16/h4-5,8,12H,6-7H2,1-3H3,(H,21,22)/t12-/m0/s1. The minimum absolute atomic E-state index is 0.201. The molecule has 1 saturated heterocycles. The van der Waals surface area contributed by atoms with Crippen LogP contribution in [0.25, 0.3) is 0 Å². The van der Waals surface area contributed by atoms with Crippen molar-refractivity contribution in [2.24, 2.45) is 0 Å². The molecule has 0 spiro atoms. The first-order valence-corrected chi connectivity index (χ1v) is 7.99. The molecular weight excluding hydrogens is 402 g/mol. The van der Waals surface area contributed by atoms with Crippen LogP contribution in [-0.4, -0.2) is 40.1 Å². The number of carbonyl (C=O) groups excluding carboxylic acids is 1. The maximum Gasteiger partial charge on any atom is 0.408 e. The molecule has 1 heterocycles. The van der Waals surface area contributed by atoms with Crippen LogP contribution in [0.15, 0.2) is 18.2 Å². The number of hydrogen-bond donors (Lipinski definition) is 1. The van der Waals surface area contributed by atoms with Gasteiger partial charge in [0.15, 0.2) is 0 Å². The van der Waals surface area contributed by atoms with Crippen LogP contribution in [0.3, 0.4) is 0 Å². The highest BCUT2D eigenvalue weighted by molar-refractivity contribution is 14.1. The minimum Gasteiger partial charge on any atom is -0.465 e. The van der Waals surface area contributed by atoms with E-state index in [9.17, 15) is 19.1 Å². The van der Waals surface area contributed by atoms with Gasteiger partial charge in [0.2, 0.25) is 5.91 Å². The molecule has 0 unspecified atom stereocenters. The maximum atomic E-state index is 14.1. The SMILES string of the molecule is CC(C)(C)N(C(=O)O)[C@H]1CCN(c2ccc(I)cc2F)C1=O. The second kappa shape index (κ2) is 6.02. The van der Waals surface area contributed by atoms with Crippen molar-refractivity contribution in [1.82, 2.24) is 4.90 Å². The third-order valence-electron chi connectivity index (χ3n) is 3.62. The number of nitrogens with zero attached hydrogens (tertiary/aromatic N) is 2. The number of carbonyl (C=O) groups is 2. The molecule has 1 aromatic rings. The van der Waals surface area contributed by atoms with Gasteiger partial charge < -0.3 is 10.0 Å². The first-order valence-electron chi connectivity index (χ1n) is 6.91. The molecule has 1 fully saturated rings. The highest BCUT2D eigenvalue weighted by Gasteiger charge is 2.43. The van der Waals surface area contributed by atoms with Crippen molar-refractivity contribution in [3.63, 3.8) is 0 Å². The number of carboxylic acid groups (broad SMARTS) is 1. The van der Waals surface area contributed by atoms with Crippen molar-refractivity contribution < 1.29 is 19.1 Å². The molecule has 1 atom stereocenters. The lowest BCUT2D eigenvalue weighted by Crippen LogP contribution is -2.54. The minimum atomic E-state index is -1.14. The molecule has 0 saturated carbocycles. The van der Waals surface area contributed by atoms with Crippen LogP contribution in [-0.2, 0) is 4.79 Å². The molecule has 1 N–H and O–H groups in total. The molecule has 2 amide bonds. The fourth-order valence-electron chi connectivity index (χ4n) is 2.73. The first kappa shape index (κ1) is 17.0. The molecule has 0 aliphatic carbocycles. The van der Waals surface area contributed by atoms with Gasteiger partial charge in [0.25, 0.3) is 0 Å². The highest BCUT2D eigenvalue weighted by atomic mass is 127. The van der Waals surface area contributed by atoms with Crippen LogP contribution >= 0.6 is 22.6 Å². The molecule has 120 valence electrons. The molecule has 0 bridgehead atoms. The summed E-state index contributed by atoms with van der Waals surface area (Å²) in [5.41, 5.74) is -0.501. The second-order valence-corrected chi connectivity index (χ2v) is 7.46. The summed E-state index contributed by atoms with van der Waals surface area (Å²) in [6.45, 7) is 5.52. The smallest absolute Gasteiger partial charge is 0.408 e. The average molecular weight is 420 g/mol. The molecule has 22 heavy (non-hydrogen) atoms. The number of halogens is 2. The Hall–Kier alpha value is -1.38. The van der Waals surface area contributed by atoms with E-state index in [2.05, 4.69) is 0 Å². The third kappa shape index (κ3) is 3.18. The average Bonchev–Trinajstić information content (AvgIpc) is 2.70. The summed E-state index contributed by atoms with van der Waals surface area (Å²) in [7, 11) is 0. The molecule has 5 nitrogen and oxygen atoms in total. The van der Waals surface area contributed by atoms with E-state index in [4.69, 9.17) is 0 Å². The maximum absolute atomic E-state index is 14.1. The van der Waals surface area contributed by atoms with E-state index in [0.717, 1.165) is 8.47 Å². The van der Waals surface area contributed by atoms with Crippen LogP contribution in [0.4, 0.5) is 14.9 Å². The van der Waals surface area contributed by atoms with Crippen molar-refractivity contribution in [3.05, 3.63) is 27.6 Å². The molecule has 7 heteroatoms. The van der Waals surface area contributed by atoms with Crippen molar-refractivity contribution in [2.75, 3.05) is 11.4 Å². The molecule has 1 aliphatic rings. The van der Waals surface area contributed by atoms with Crippen molar-refractivity contribution in [2.45, 2.75) is 38.8 Å². The third-order valence-corrected chi connectivity index (χ3v) is 4.29. The zero-order valence-corrected chi connectivity index (χ0v) is 14.8. The van der Waals surface area contributed by atoms with Crippen LogP contribution in [0.5, 0.6) is 0 Å². The fraction of sp³-hybridized carbons (Fsp3) is 0.467. The Morgan fingerprint density at radius 1 is 1.45 bits per heavy atom. The van der Waals surface area contributed by atoms with Crippen molar-refractivity contribution in [3.8, 4) is 0 Å². The van der Waals surface area contributed by atoms with E-state index >= 15 is 0 Å². The Kier molecular flexibility index (Phi) is 4.65. The van der Waals surface area contributed by atoms with Crippen LogP contribution in [0, 0.1) is 9.39 Å². The van der Waals surface area contributed by atoms with Gasteiger partial charge in [-0.3, -0.25) is 9.69 Å². The van der Waals surface area contributed by atoms with Gasteiger partial charge in [-0.05, 0) is 68.0 Å². The number of anilines is 1. The summed E-state index contributed by atoms with van der Waals surface area (Å²) < 4.78 is 14.8. The Bertz CT molecular complexity index is 615. The first-order chi connectivity index (χ1) is 10.1. The monoisotopic (exact) mass is 420 g/mol. The lowest BCUT2D eigenvalue weighted by atomic mass is 10.0. The summed E-state index contributed by atoms with van der Waals surface area (Å²) >= 11 is 2.00. The number of rotatable bonds is 2. The predicted molar refractivity (Wildman–Crippen MR) is 89.5 cm³/mol. The Morgan fingerprint density at radius 3 is 2.59 bits per heavy atom. The van der Waals surface area contributed by atoms with Gasteiger partial charge in [-0.1, -0.05) is 0 Å². The Balaban J connectivity index is 2.31. The van der Waals surface area contributed by atoms with Crippen molar-refractivity contribution >= 4 is 40.3 Å². The summed E-state index contributed by atoms with van der Waals surface area (Å²) in [4.78, 5) is 26.6. The lowest BCUT2D eigenvalue weighted by Gasteiger charge is -2.36. The number of benzene rings is 1. The van der Waals surface area contributed by atoms with E-state index in [1.807, 2.05) is 22.6 Å². The van der Waals surface area contributed by atoms with E-state index < -0.39 is 23.5 Å². The zero-order valence-electron chi connectivity index (χ0n) is 12.6. The van der Waals surface area contributed by atoms with E-state index in [1.54, 1.807) is 32.9 Å². The lowest BCUT2D eigenvalue weighted by molar-refractivity contribution is -0.122. The molecular formula is C15H18FIN2O3. The van der Waals surface area contributed by atoms with E-state index in [-0.39, 0.29) is 11.6 Å². The van der Waals surface area contributed by atoms with Gasteiger partial charge in [0.05, 0.1) is 5.69 Å². The Labute approximate surface area is 142 Å². The van der Waals surface area contributed by atoms with Gasteiger partial charge in [0, 0.05) is 15.7 Å². The van der Waals surface area contributed by atoms with Crippen LogP contribution in [0.2, 0.25) is 0 Å². The quantitative estimate of drug-likeness (QED) is 0.747. The van der Waals surface area contributed by atoms with Crippen LogP contribution in [0.1, 0.15) is 27.2 Å². The number of hydrogen-bond acceptors (Lipinski definition) is 2. The van der Waals surface area contributed by atoms with E-state index in [0.29, 0.717) is 13.0 Å². The van der Waals surface area contributed by atoms with Crippen molar-refractivity contribution in [1.29, 1.82) is 0 Å². The fourth-order valence-corrected chi connectivity index (χ4v) is 3.18. The summed E-state index contributed by atoms with van der Waals surface area (Å²) in [6.07, 6.45) is -0.788. The second-order valence-electron chi connectivity index (χ2n) is 6.21. The molecule has 0 aromatic heterocycles. The van der Waals surface area contributed by atoms with Gasteiger partial charge in [-0.25, -0.2) is 9.18 Å². The molecule has 1 aromatic carbocycles.